The van der Waals surface area contributed by atoms with Gasteiger partial charge in [-0.15, -0.1) is 0 Å². The standard InChI is InChI=1S/C9H16/c1-2-7-8-5-3-4-6-9(7)8/h7-9H,2-6H2,1H3/t7?,8-,9?/m1/s1. The van der Waals surface area contributed by atoms with Crippen LogP contribution in [-0.2, 0) is 0 Å². The predicted octanol–water partition coefficient (Wildman–Crippen LogP) is 2.83. The van der Waals surface area contributed by atoms with Gasteiger partial charge < -0.3 is 0 Å². The summed E-state index contributed by atoms with van der Waals surface area (Å²) < 4.78 is 0. The molecule has 0 aromatic rings. The van der Waals surface area contributed by atoms with Crippen molar-refractivity contribution < 1.29 is 0 Å². The van der Waals surface area contributed by atoms with Crippen LogP contribution < -0.4 is 0 Å². The van der Waals surface area contributed by atoms with Gasteiger partial charge in [0.1, 0.15) is 0 Å². The van der Waals surface area contributed by atoms with Crippen molar-refractivity contribution >= 4 is 0 Å². The zero-order valence-corrected chi connectivity index (χ0v) is 6.27. The highest BCUT2D eigenvalue weighted by atomic mass is 14.5. The van der Waals surface area contributed by atoms with Gasteiger partial charge in [-0.1, -0.05) is 26.2 Å². The molecule has 0 aromatic carbocycles. The average molecular weight is 124 g/mol. The highest BCUT2D eigenvalue weighted by molar-refractivity contribution is 4.97. The third-order valence-electron chi connectivity index (χ3n) is 3.31. The van der Waals surface area contributed by atoms with Gasteiger partial charge in [0.2, 0.25) is 0 Å². The molecule has 52 valence electrons. The molecule has 0 aromatic heterocycles. The van der Waals surface area contributed by atoms with Gasteiger partial charge in [-0.05, 0) is 30.6 Å². The van der Waals surface area contributed by atoms with Gasteiger partial charge in [0.05, 0.1) is 0 Å². The van der Waals surface area contributed by atoms with Crippen molar-refractivity contribution in [3.05, 3.63) is 0 Å². The van der Waals surface area contributed by atoms with Crippen LogP contribution in [0.2, 0.25) is 0 Å². The van der Waals surface area contributed by atoms with Crippen molar-refractivity contribution in [3.8, 4) is 0 Å². The summed E-state index contributed by atoms with van der Waals surface area (Å²) in [6.07, 6.45) is 7.62. The summed E-state index contributed by atoms with van der Waals surface area (Å²) in [7, 11) is 0. The first kappa shape index (κ1) is 5.76. The molecule has 0 nitrogen and oxygen atoms in total. The SMILES string of the molecule is CCC1C2CCCC[C@H]12. The molecule has 2 aliphatic carbocycles. The van der Waals surface area contributed by atoms with E-state index in [0.717, 1.165) is 5.92 Å². The van der Waals surface area contributed by atoms with Gasteiger partial charge in [-0.25, -0.2) is 0 Å². The van der Waals surface area contributed by atoms with E-state index in [0.29, 0.717) is 0 Å². The molecule has 0 aliphatic heterocycles. The molecular formula is C9H16. The summed E-state index contributed by atoms with van der Waals surface area (Å²) in [5.41, 5.74) is 0. The van der Waals surface area contributed by atoms with E-state index in [4.69, 9.17) is 0 Å². The number of fused-ring (bicyclic) bond motifs is 1. The largest absolute Gasteiger partial charge is 0.0651 e. The molecule has 0 amide bonds. The van der Waals surface area contributed by atoms with Crippen molar-refractivity contribution in [1.82, 2.24) is 0 Å². The first-order valence-electron chi connectivity index (χ1n) is 4.43. The fourth-order valence-corrected chi connectivity index (χ4v) is 2.75. The van der Waals surface area contributed by atoms with Crippen LogP contribution in [0.5, 0.6) is 0 Å². The van der Waals surface area contributed by atoms with E-state index in [2.05, 4.69) is 6.92 Å². The summed E-state index contributed by atoms with van der Waals surface area (Å²) in [5, 5.41) is 0. The lowest BCUT2D eigenvalue weighted by Crippen LogP contribution is -1.91. The van der Waals surface area contributed by atoms with E-state index in [9.17, 15) is 0 Å². The van der Waals surface area contributed by atoms with Crippen LogP contribution in [0.25, 0.3) is 0 Å². The Labute approximate surface area is 57.6 Å². The zero-order valence-electron chi connectivity index (χ0n) is 6.27. The Kier molecular flexibility index (Phi) is 1.28. The second-order valence-corrected chi connectivity index (χ2v) is 3.68. The molecule has 0 heteroatoms. The van der Waals surface area contributed by atoms with Crippen LogP contribution in [0.1, 0.15) is 39.0 Å². The van der Waals surface area contributed by atoms with E-state index >= 15 is 0 Å². The van der Waals surface area contributed by atoms with Gasteiger partial charge in [0.25, 0.3) is 0 Å². The minimum absolute atomic E-state index is 1.16. The van der Waals surface area contributed by atoms with Gasteiger partial charge in [0, 0.05) is 0 Å². The van der Waals surface area contributed by atoms with Crippen LogP contribution in [0, 0.1) is 17.8 Å². The molecule has 0 N–H and O–H groups in total. The maximum Gasteiger partial charge on any atom is -0.0352 e. The first-order chi connectivity index (χ1) is 4.43. The molecule has 2 rings (SSSR count). The Hall–Kier alpha value is 0. The van der Waals surface area contributed by atoms with Crippen LogP contribution in [0.3, 0.4) is 0 Å². The Morgan fingerprint density at radius 1 is 1.11 bits per heavy atom. The first-order valence-corrected chi connectivity index (χ1v) is 4.43. The minimum Gasteiger partial charge on any atom is -0.0651 e. The van der Waals surface area contributed by atoms with Crippen LogP contribution >= 0.6 is 0 Å². The lowest BCUT2D eigenvalue weighted by Gasteiger charge is -2.05. The molecule has 2 saturated carbocycles. The zero-order chi connectivity index (χ0) is 6.27. The molecule has 0 spiro atoms. The predicted molar refractivity (Wildman–Crippen MR) is 39.2 cm³/mol. The fraction of sp³-hybridized carbons (Fsp3) is 1.00. The molecule has 0 bridgehead atoms. The van der Waals surface area contributed by atoms with E-state index in [1.54, 1.807) is 12.8 Å². The number of hydrogen-bond donors (Lipinski definition) is 0. The second kappa shape index (κ2) is 2.00. The molecule has 2 unspecified atom stereocenters. The monoisotopic (exact) mass is 124 g/mol. The van der Waals surface area contributed by atoms with Gasteiger partial charge in [-0.2, -0.15) is 0 Å². The van der Waals surface area contributed by atoms with Gasteiger partial charge >= 0.3 is 0 Å². The number of hydrogen-bond acceptors (Lipinski definition) is 0. The third-order valence-corrected chi connectivity index (χ3v) is 3.31. The second-order valence-electron chi connectivity index (χ2n) is 3.68. The van der Waals surface area contributed by atoms with Crippen LogP contribution in [-0.4, -0.2) is 0 Å². The fourth-order valence-electron chi connectivity index (χ4n) is 2.75. The minimum atomic E-state index is 1.16. The summed E-state index contributed by atoms with van der Waals surface area (Å²) in [4.78, 5) is 0. The molecule has 0 radical (unpaired) electrons. The highest BCUT2D eigenvalue weighted by Gasteiger charge is 2.48. The Balaban J connectivity index is 1.91. The maximum atomic E-state index is 2.35. The number of rotatable bonds is 1. The quantitative estimate of drug-likeness (QED) is 0.504. The van der Waals surface area contributed by atoms with Gasteiger partial charge in [0.15, 0.2) is 0 Å². The molecule has 0 heterocycles. The maximum absolute atomic E-state index is 2.35. The van der Waals surface area contributed by atoms with Crippen molar-refractivity contribution in [2.24, 2.45) is 17.8 Å². The molecule has 2 aliphatic rings. The Morgan fingerprint density at radius 2 is 1.67 bits per heavy atom. The average Bonchev–Trinajstić information content (AvgIpc) is 2.60. The Morgan fingerprint density at radius 3 is 2.11 bits per heavy atom. The summed E-state index contributed by atoms with van der Waals surface area (Å²) >= 11 is 0. The topological polar surface area (TPSA) is 0 Å². The van der Waals surface area contributed by atoms with E-state index < -0.39 is 0 Å². The molecule has 0 saturated heterocycles. The Bertz CT molecular complexity index is 87.9. The van der Waals surface area contributed by atoms with Gasteiger partial charge in [-0.3, -0.25) is 0 Å². The molecular weight excluding hydrogens is 108 g/mol. The van der Waals surface area contributed by atoms with Crippen molar-refractivity contribution in [1.29, 1.82) is 0 Å². The molecule has 3 atom stereocenters. The van der Waals surface area contributed by atoms with Crippen molar-refractivity contribution in [3.63, 3.8) is 0 Å². The smallest absolute Gasteiger partial charge is 0.0352 e. The summed E-state index contributed by atoms with van der Waals surface area (Å²) in [6.45, 7) is 2.35. The van der Waals surface area contributed by atoms with Crippen molar-refractivity contribution in [2.75, 3.05) is 0 Å². The van der Waals surface area contributed by atoms with E-state index in [1.165, 1.54) is 31.1 Å². The third kappa shape index (κ3) is 0.798. The van der Waals surface area contributed by atoms with E-state index in [1.807, 2.05) is 0 Å². The molecule has 2 fully saturated rings. The van der Waals surface area contributed by atoms with Crippen LogP contribution in [0.15, 0.2) is 0 Å². The summed E-state index contributed by atoms with van der Waals surface area (Å²) in [6, 6.07) is 0. The van der Waals surface area contributed by atoms with Crippen molar-refractivity contribution in [2.45, 2.75) is 39.0 Å². The normalized spacial score (nSPS) is 48.3. The van der Waals surface area contributed by atoms with Crippen LogP contribution in [0.4, 0.5) is 0 Å². The lowest BCUT2D eigenvalue weighted by molar-refractivity contribution is 0.480. The lowest BCUT2D eigenvalue weighted by atomic mass is 10.0. The summed E-state index contributed by atoms with van der Waals surface area (Å²) in [5.74, 6) is 3.53. The van der Waals surface area contributed by atoms with E-state index in [-0.39, 0.29) is 0 Å². The highest BCUT2D eigenvalue weighted by Crippen LogP contribution is 2.56. The molecule has 9 heavy (non-hydrogen) atoms.